The lowest BCUT2D eigenvalue weighted by molar-refractivity contribution is -0.113. The van der Waals surface area contributed by atoms with Gasteiger partial charge in [-0.1, -0.05) is 29.2 Å². The lowest BCUT2D eigenvalue weighted by Crippen LogP contribution is -2.13. The number of rotatable bonds is 6. The predicted octanol–water partition coefficient (Wildman–Crippen LogP) is 3.87. The third kappa shape index (κ3) is 4.71. The minimum Gasteiger partial charge on any atom is -0.454 e. The first kappa shape index (κ1) is 20.2. The monoisotopic (exact) mass is 442 g/mol. The van der Waals surface area contributed by atoms with E-state index < -0.39 is 0 Å². The zero-order chi connectivity index (χ0) is 21.1. The molecule has 10 heteroatoms. The molecule has 0 aliphatic carbocycles. The maximum absolute atomic E-state index is 12.4. The van der Waals surface area contributed by atoms with Crippen LogP contribution < -0.4 is 20.1 Å². The van der Waals surface area contributed by atoms with Gasteiger partial charge in [0.2, 0.25) is 17.8 Å². The molecular formula is C20H18N4O4S2. The molecule has 0 saturated carbocycles. The Morgan fingerprint density at radius 1 is 1.03 bits per heavy atom. The van der Waals surface area contributed by atoms with Crippen LogP contribution in [-0.2, 0) is 4.79 Å². The minimum atomic E-state index is -0.244. The van der Waals surface area contributed by atoms with Crippen LogP contribution in [0.2, 0.25) is 0 Å². The zero-order valence-electron chi connectivity index (χ0n) is 16.2. The Bertz CT molecular complexity index is 1120. The maximum Gasteiger partial charge on any atom is 0.257 e. The highest BCUT2D eigenvalue weighted by Gasteiger charge is 2.15. The van der Waals surface area contributed by atoms with Crippen molar-refractivity contribution in [2.45, 2.75) is 18.2 Å². The summed E-state index contributed by atoms with van der Waals surface area (Å²) in [6.45, 7) is 4.14. The molecule has 2 heterocycles. The molecule has 0 saturated heterocycles. The van der Waals surface area contributed by atoms with Crippen molar-refractivity contribution in [3.8, 4) is 11.5 Å². The average molecular weight is 443 g/mol. The molecule has 1 aliphatic heterocycles. The number of nitrogens with zero attached hydrogens (tertiary/aromatic N) is 2. The smallest absolute Gasteiger partial charge is 0.257 e. The molecule has 0 unspecified atom stereocenters. The van der Waals surface area contributed by atoms with Crippen molar-refractivity contribution in [1.82, 2.24) is 10.2 Å². The molecule has 0 bridgehead atoms. The molecule has 30 heavy (non-hydrogen) atoms. The van der Waals surface area contributed by atoms with E-state index in [1.165, 1.54) is 23.1 Å². The number of thioether (sulfide) groups is 1. The van der Waals surface area contributed by atoms with Crippen molar-refractivity contribution in [2.75, 3.05) is 23.2 Å². The van der Waals surface area contributed by atoms with Crippen LogP contribution in [0, 0.1) is 13.8 Å². The van der Waals surface area contributed by atoms with Crippen LogP contribution in [0.5, 0.6) is 11.5 Å². The summed E-state index contributed by atoms with van der Waals surface area (Å²) in [4.78, 5) is 24.6. The molecule has 0 fully saturated rings. The topological polar surface area (TPSA) is 102 Å². The third-order valence-corrected chi connectivity index (χ3v) is 6.35. The molecule has 0 spiro atoms. The number of ether oxygens (including phenoxy) is 2. The Labute approximate surface area is 181 Å². The summed E-state index contributed by atoms with van der Waals surface area (Å²) in [6.07, 6.45) is 0. The van der Waals surface area contributed by atoms with Crippen molar-refractivity contribution < 1.29 is 19.1 Å². The van der Waals surface area contributed by atoms with Gasteiger partial charge in [0.1, 0.15) is 0 Å². The second kappa shape index (κ2) is 8.72. The second-order valence-electron chi connectivity index (χ2n) is 6.53. The van der Waals surface area contributed by atoms with Crippen molar-refractivity contribution in [3.63, 3.8) is 0 Å². The highest BCUT2D eigenvalue weighted by molar-refractivity contribution is 8.01. The Balaban J connectivity index is 1.29. The van der Waals surface area contributed by atoms with E-state index in [0.29, 0.717) is 32.2 Å². The molecule has 1 aliphatic rings. The first-order valence-electron chi connectivity index (χ1n) is 9.02. The van der Waals surface area contributed by atoms with Gasteiger partial charge >= 0.3 is 0 Å². The predicted molar refractivity (Wildman–Crippen MR) is 116 cm³/mol. The number of hydrogen-bond donors (Lipinski definition) is 2. The first-order valence-corrected chi connectivity index (χ1v) is 10.8. The molecule has 8 nitrogen and oxygen atoms in total. The van der Waals surface area contributed by atoms with Gasteiger partial charge in [0.05, 0.1) is 5.75 Å². The Hall–Kier alpha value is -3.11. The minimum absolute atomic E-state index is 0.161. The van der Waals surface area contributed by atoms with Crippen LogP contribution in [0.25, 0.3) is 0 Å². The van der Waals surface area contributed by atoms with E-state index >= 15 is 0 Å². The van der Waals surface area contributed by atoms with Crippen LogP contribution >= 0.6 is 23.1 Å². The van der Waals surface area contributed by atoms with Crippen LogP contribution in [0.4, 0.5) is 10.8 Å². The van der Waals surface area contributed by atoms with Gasteiger partial charge in [0.25, 0.3) is 5.91 Å². The quantitative estimate of drug-likeness (QED) is 0.441. The zero-order valence-corrected chi connectivity index (χ0v) is 17.9. The van der Waals surface area contributed by atoms with Crippen LogP contribution in [0.15, 0.2) is 40.7 Å². The van der Waals surface area contributed by atoms with Crippen LogP contribution in [0.3, 0.4) is 0 Å². The molecule has 2 amide bonds. The van der Waals surface area contributed by atoms with Gasteiger partial charge in [-0.25, -0.2) is 0 Å². The number of anilines is 2. The molecule has 0 atom stereocenters. The fourth-order valence-electron chi connectivity index (χ4n) is 2.67. The molecule has 4 rings (SSSR count). The van der Waals surface area contributed by atoms with E-state index in [4.69, 9.17) is 9.47 Å². The molecule has 0 radical (unpaired) electrons. The normalized spacial score (nSPS) is 11.9. The Morgan fingerprint density at radius 3 is 2.70 bits per heavy atom. The summed E-state index contributed by atoms with van der Waals surface area (Å²) < 4.78 is 11.1. The number of hydrogen-bond acceptors (Lipinski definition) is 8. The molecular weight excluding hydrogens is 424 g/mol. The van der Waals surface area contributed by atoms with Gasteiger partial charge in [-0.15, -0.1) is 10.2 Å². The third-order valence-electron chi connectivity index (χ3n) is 4.38. The van der Waals surface area contributed by atoms with E-state index in [9.17, 15) is 9.59 Å². The SMILES string of the molecule is Cc1ccc(C(=O)Nc2nnc(SCC(=O)Nc3ccc4c(c3)OCO4)s2)cc1C. The Kier molecular flexibility index (Phi) is 5.86. The molecule has 2 N–H and O–H groups in total. The standard InChI is InChI=1S/C20H18N4O4S2/c1-11-3-4-13(7-12(11)2)18(26)22-19-23-24-20(30-19)29-9-17(25)21-14-5-6-15-16(8-14)28-10-27-15/h3-8H,9-10H2,1-2H3,(H,21,25)(H,22,23,26). The number of nitrogens with one attached hydrogen (secondary N) is 2. The lowest BCUT2D eigenvalue weighted by atomic mass is 10.1. The van der Waals surface area contributed by atoms with Gasteiger partial charge in [0, 0.05) is 17.3 Å². The molecule has 2 aromatic carbocycles. The number of carbonyl (C=O) groups is 2. The van der Waals surface area contributed by atoms with Gasteiger partial charge in [-0.05, 0) is 49.2 Å². The highest BCUT2D eigenvalue weighted by atomic mass is 32.2. The van der Waals surface area contributed by atoms with Crippen molar-refractivity contribution in [3.05, 3.63) is 53.1 Å². The van der Waals surface area contributed by atoms with Gasteiger partial charge in [-0.2, -0.15) is 0 Å². The molecule has 1 aromatic heterocycles. The van der Waals surface area contributed by atoms with Gasteiger partial charge < -0.3 is 14.8 Å². The van der Waals surface area contributed by atoms with Crippen LogP contribution in [0.1, 0.15) is 21.5 Å². The largest absolute Gasteiger partial charge is 0.454 e. The van der Waals surface area contributed by atoms with Crippen molar-refractivity contribution in [2.24, 2.45) is 0 Å². The summed E-state index contributed by atoms with van der Waals surface area (Å²) >= 11 is 2.47. The van der Waals surface area contributed by atoms with Gasteiger partial charge in [0.15, 0.2) is 15.8 Å². The van der Waals surface area contributed by atoms with Gasteiger partial charge in [-0.3, -0.25) is 14.9 Å². The van der Waals surface area contributed by atoms with E-state index in [1.54, 1.807) is 24.3 Å². The van der Waals surface area contributed by atoms with E-state index in [2.05, 4.69) is 20.8 Å². The van der Waals surface area contributed by atoms with Crippen LogP contribution in [-0.4, -0.2) is 34.6 Å². The second-order valence-corrected chi connectivity index (χ2v) is 8.73. The number of benzene rings is 2. The van der Waals surface area contributed by atoms with Crippen molar-refractivity contribution in [1.29, 1.82) is 0 Å². The summed E-state index contributed by atoms with van der Waals surface area (Å²) in [7, 11) is 0. The number of amides is 2. The number of fused-ring (bicyclic) bond motifs is 1. The number of aromatic nitrogens is 2. The summed E-state index contributed by atoms with van der Waals surface area (Å²) in [5.41, 5.74) is 3.36. The summed E-state index contributed by atoms with van der Waals surface area (Å²) in [6, 6.07) is 10.7. The maximum atomic E-state index is 12.4. The summed E-state index contributed by atoms with van der Waals surface area (Å²) in [5, 5.41) is 13.9. The fraction of sp³-hybridized carbons (Fsp3) is 0.200. The Morgan fingerprint density at radius 2 is 1.87 bits per heavy atom. The van der Waals surface area contributed by atoms with Crippen molar-refractivity contribution >= 4 is 45.7 Å². The summed E-state index contributed by atoms with van der Waals surface area (Å²) in [5.74, 6) is 0.996. The molecule has 3 aromatic rings. The average Bonchev–Trinajstić information content (AvgIpc) is 3.37. The number of aryl methyl sites for hydroxylation is 2. The fourth-order valence-corrected chi connectivity index (χ4v) is 4.22. The van der Waals surface area contributed by atoms with E-state index in [1.807, 2.05) is 26.0 Å². The first-order chi connectivity index (χ1) is 14.5. The lowest BCUT2D eigenvalue weighted by Gasteiger charge is -2.05. The van der Waals surface area contributed by atoms with E-state index in [0.717, 1.165) is 11.1 Å². The molecule has 154 valence electrons. The number of carbonyl (C=O) groups excluding carboxylic acids is 2. The van der Waals surface area contributed by atoms with E-state index in [-0.39, 0.29) is 24.4 Å². The highest BCUT2D eigenvalue weighted by Crippen LogP contribution is 2.34.